The fraction of sp³-hybridized carbons (Fsp3) is 0.368. The number of rotatable bonds is 4. The minimum Gasteiger partial charge on any atom is -0.360 e. The van der Waals surface area contributed by atoms with Crippen molar-refractivity contribution in [2.24, 2.45) is 5.92 Å². The van der Waals surface area contributed by atoms with Gasteiger partial charge in [0.05, 0.1) is 0 Å². The number of hydrogen-bond donors (Lipinski definition) is 1. The van der Waals surface area contributed by atoms with Crippen molar-refractivity contribution in [3.63, 3.8) is 0 Å². The second-order valence-corrected chi connectivity index (χ2v) is 6.57. The summed E-state index contributed by atoms with van der Waals surface area (Å²) in [6, 6.07) is 8.59. The molecule has 0 aliphatic carbocycles. The number of piperidine rings is 1. The van der Waals surface area contributed by atoms with E-state index >= 15 is 0 Å². The van der Waals surface area contributed by atoms with Crippen LogP contribution in [0, 0.1) is 19.8 Å². The van der Waals surface area contributed by atoms with Gasteiger partial charge >= 0.3 is 0 Å². The predicted molar refractivity (Wildman–Crippen MR) is 94.7 cm³/mol. The van der Waals surface area contributed by atoms with E-state index < -0.39 is 11.7 Å². The molecule has 26 heavy (non-hydrogen) atoms. The molecule has 3 rings (SSSR count). The Morgan fingerprint density at radius 1 is 1.12 bits per heavy atom. The van der Waals surface area contributed by atoms with Crippen LogP contribution in [-0.2, 0) is 9.59 Å². The van der Waals surface area contributed by atoms with E-state index in [1.165, 1.54) is 4.90 Å². The number of aromatic nitrogens is 1. The third-order valence-electron chi connectivity index (χ3n) is 4.54. The Morgan fingerprint density at radius 2 is 1.77 bits per heavy atom. The molecule has 2 heterocycles. The molecule has 1 aromatic heterocycles. The molecule has 0 atom stereocenters. The van der Waals surface area contributed by atoms with E-state index in [9.17, 15) is 14.4 Å². The van der Waals surface area contributed by atoms with Crippen LogP contribution < -0.4 is 5.32 Å². The third kappa shape index (κ3) is 3.99. The van der Waals surface area contributed by atoms with Gasteiger partial charge in [-0.2, -0.15) is 0 Å². The van der Waals surface area contributed by atoms with Crippen LogP contribution in [0.2, 0.25) is 0 Å². The fourth-order valence-corrected chi connectivity index (χ4v) is 2.97. The van der Waals surface area contributed by atoms with E-state index in [2.05, 4.69) is 10.5 Å². The summed E-state index contributed by atoms with van der Waals surface area (Å²) >= 11 is 0. The van der Waals surface area contributed by atoms with E-state index in [1.54, 1.807) is 25.1 Å². The molecule has 7 nitrogen and oxygen atoms in total. The van der Waals surface area contributed by atoms with Crippen LogP contribution in [0.1, 0.15) is 34.5 Å². The molecular weight excluding hydrogens is 334 g/mol. The molecule has 0 radical (unpaired) electrons. The number of hydrogen-bond acceptors (Lipinski definition) is 5. The van der Waals surface area contributed by atoms with Crippen LogP contribution in [0.15, 0.2) is 34.9 Å². The van der Waals surface area contributed by atoms with Crippen LogP contribution in [0.4, 0.5) is 5.82 Å². The van der Waals surface area contributed by atoms with Crippen molar-refractivity contribution in [2.45, 2.75) is 26.7 Å². The van der Waals surface area contributed by atoms with Gasteiger partial charge in [-0.3, -0.25) is 14.4 Å². The smallest absolute Gasteiger partial charge is 0.294 e. The molecule has 2 amide bonds. The van der Waals surface area contributed by atoms with Crippen molar-refractivity contribution >= 4 is 23.4 Å². The van der Waals surface area contributed by atoms with Crippen LogP contribution in [-0.4, -0.2) is 40.7 Å². The number of ketones is 1. The number of carbonyl (C=O) groups is 3. The van der Waals surface area contributed by atoms with Crippen LogP contribution in [0.3, 0.4) is 0 Å². The highest BCUT2D eigenvalue weighted by atomic mass is 16.5. The molecule has 136 valence electrons. The molecule has 1 aliphatic heterocycles. The lowest BCUT2D eigenvalue weighted by molar-refractivity contribution is -0.130. The number of nitrogens with zero attached hydrogens (tertiary/aromatic N) is 2. The van der Waals surface area contributed by atoms with Gasteiger partial charge in [0.25, 0.3) is 5.91 Å². The maximum Gasteiger partial charge on any atom is 0.294 e. The first-order valence-electron chi connectivity index (χ1n) is 8.58. The number of nitrogens with one attached hydrogen (secondary N) is 1. The summed E-state index contributed by atoms with van der Waals surface area (Å²) in [5.41, 5.74) is 1.42. The molecule has 0 spiro atoms. The molecule has 0 unspecified atom stereocenters. The highest BCUT2D eigenvalue weighted by molar-refractivity contribution is 6.42. The number of anilines is 1. The lowest BCUT2D eigenvalue weighted by Gasteiger charge is -2.30. The second kappa shape index (κ2) is 7.51. The largest absolute Gasteiger partial charge is 0.360 e. The van der Waals surface area contributed by atoms with Gasteiger partial charge < -0.3 is 14.7 Å². The molecule has 7 heteroatoms. The molecule has 1 N–H and O–H groups in total. The molecule has 1 fully saturated rings. The van der Waals surface area contributed by atoms with Crippen molar-refractivity contribution < 1.29 is 18.9 Å². The van der Waals surface area contributed by atoms with Crippen LogP contribution in [0.5, 0.6) is 0 Å². The molecule has 2 aromatic rings. The Labute approximate surface area is 151 Å². The van der Waals surface area contributed by atoms with Gasteiger partial charge in [0.15, 0.2) is 5.82 Å². The number of likely N-dealkylation sites (tertiary alicyclic amines) is 1. The molecule has 1 aliphatic rings. The second-order valence-electron chi connectivity index (χ2n) is 6.57. The topological polar surface area (TPSA) is 92.5 Å². The summed E-state index contributed by atoms with van der Waals surface area (Å²) in [6.45, 7) is 4.43. The zero-order chi connectivity index (χ0) is 18.7. The van der Waals surface area contributed by atoms with E-state index in [4.69, 9.17) is 4.52 Å². The van der Waals surface area contributed by atoms with Crippen molar-refractivity contribution in [2.75, 3.05) is 18.4 Å². The SMILES string of the molecule is Cc1ccc(C(=O)C(=O)N2CCC(C(=O)Nc3cc(C)on3)CC2)cc1. The quantitative estimate of drug-likeness (QED) is 0.671. The monoisotopic (exact) mass is 355 g/mol. The lowest BCUT2D eigenvalue weighted by atomic mass is 9.95. The standard InChI is InChI=1S/C19H21N3O4/c1-12-3-5-14(6-4-12)17(23)19(25)22-9-7-15(8-10-22)18(24)20-16-11-13(2)26-21-16/h3-6,11,15H,7-10H2,1-2H3,(H,20,21,24). The van der Waals surface area contributed by atoms with E-state index in [0.717, 1.165) is 5.56 Å². The van der Waals surface area contributed by atoms with E-state index in [-0.39, 0.29) is 11.8 Å². The maximum atomic E-state index is 12.4. The minimum absolute atomic E-state index is 0.143. The minimum atomic E-state index is -0.514. The summed E-state index contributed by atoms with van der Waals surface area (Å²) in [6.07, 6.45) is 1.02. The van der Waals surface area contributed by atoms with E-state index in [1.807, 2.05) is 19.1 Å². The highest BCUT2D eigenvalue weighted by Gasteiger charge is 2.30. The van der Waals surface area contributed by atoms with E-state index in [0.29, 0.717) is 43.1 Å². The van der Waals surface area contributed by atoms with Crippen molar-refractivity contribution in [3.05, 3.63) is 47.2 Å². The maximum absolute atomic E-state index is 12.4. The van der Waals surface area contributed by atoms with Gasteiger partial charge in [0, 0.05) is 30.6 Å². The number of carbonyl (C=O) groups excluding carboxylic acids is 3. The molecule has 1 saturated heterocycles. The number of benzene rings is 1. The Hall–Kier alpha value is -2.96. The Morgan fingerprint density at radius 3 is 2.35 bits per heavy atom. The first-order valence-corrected chi connectivity index (χ1v) is 8.58. The van der Waals surface area contributed by atoms with Gasteiger partial charge in [0.1, 0.15) is 5.76 Å². The average Bonchev–Trinajstić information content (AvgIpc) is 3.06. The van der Waals surface area contributed by atoms with Crippen molar-refractivity contribution in [1.82, 2.24) is 10.1 Å². The number of aryl methyl sites for hydroxylation is 2. The number of Topliss-reactive ketones (excluding diaryl/α,β-unsaturated/α-hetero) is 1. The van der Waals surface area contributed by atoms with Gasteiger partial charge in [-0.1, -0.05) is 35.0 Å². The predicted octanol–water partition coefficient (Wildman–Crippen LogP) is 2.35. The Bertz CT molecular complexity index is 818. The number of amides is 2. The zero-order valence-electron chi connectivity index (χ0n) is 14.8. The summed E-state index contributed by atoms with van der Waals surface area (Å²) in [7, 11) is 0. The lowest BCUT2D eigenvalue weighted by Crippen LogP contribution is -2.44. The van der Waals surface area contributed by atoms with Crippen LogP contribution in [0.25, 0.3) is 0 Å². The Kier molecular flexibility index (Phi) is 5.16. The van der Waals surface area contributed by atoms with Crippen molar-refractivity contribution in [3.8, 4) is 0 Å². The molecule has 0 bridgehead atoms. The first-order chi connectivity index (χ1) is 12.4. The normalized spacial score (nSPS) is 14.9. The average molecular weight is 355 g/mol. The third-order valence-corrected chi connectivity index (χ3v) is 4.54. The summed E-state index contributed by atoms with van der Waals surface area (Å²) in [4.78, 5) is 38.5. The molecule has 1 aromatic carbocycles. The zero-order valence-corrected chi connectivity index (χ0v) is 14.8. The van der Waals surface area contributed by atoms with Gasteiger partial charge in [-0.15, -0.1) is 0 Å². The summed E-state index contributed by atoms with van der Waals surface area (Å²) in [5.74, 6) is -0.373. The summed E-state index contributed by atoms with van der Waals surface area (Å²) < 4.78 is 4.92. The Balaban J connectivity index is 1.54. The first kappa shape index (κ1) is 17.8. The molecule has 0 saturated carbocycles. The van der Waals surface area contributed by atoms with Gasteiger partial charge in [0.2, 0.25) is 11.7 Å². The van der Waals surface area contributed by atoms with Gasteiger partial charge in [-0.25, -0.2) is 0 Å². The van der Waals surface area contributed by atoms with Gasteiger partial charge in [-0.05, 0) is 26.7 Å². The fourth-order valence-electron chi connectivity index (χ4n) is 2.97. The highest BCUT2D eigenvalue weighted by Crippen LogP contribution is 2.20. The summed E-state index contributed by atoms with van der Waals surface area (Å²) in [5, 5.41) is 6.46. The van der Waals surface area contributed by atoms with Crippen LogP contribution >= 0.6 is 0 Å². The molecular formula is C19H21N3O4. The van der Waals surface area contributed by atoms with Crippen molar-refractivity contribution in [1.29, 1.82) is 0 Å².